The van der Waals surface area contributed by atoms with E-state index in [0.29, 0.717) is 6.10 Å². The van der Waals surface area contributed by atoms with E-state index >= 15 is 0 Å². The highest BCUT2D eigenvalue weighted by atomic mass is 16.5. The third kappa shape index (κ3) is 2.98. The normalized spacial score (nSPS) is 40.9. The van der Waals surface area contributed by atoms with Gasteiger partial charge in [0.05, 0.1) is 6.10 Å². The van der Waals surface area contributed by atoms with Crippen molar-refractivity contribution in [1.82, 2.24) is 5.32 Å². The van der Waals surface area contributed by atoms with Crippen LogP contribution in [0, 0.1) is 17.8 Å². The molecule has 16 heavy (non-hydrogen) atoms. The van der Waals surface area contributed by atoms with Gasteiger partial charge < -0.3 is 10.1 Å². The fourth-order valence-corrected chi connectivity index (χ4v) is 3.48. The van der Waals surface area contributed by atoms with Gasteiger partial charge in [-0.05, 0) is 50.5 Å². The molecule has 0 aromatic rings. The number of hydrogen-bond acceptors (Lipinski definition) is 2. The molecule has 0 bridgehead atoms. The van der Waals surface area contributed by atoms with Crippen molar-refractivity contribution in [2.24, 2.45) is 17.8 Å². The standard InChI is InChI=1S/C14H27NO/c1-11-5-7-12(8-6-11)14-13(10-15-2)4-3-9-16-14/h11-15H,3-10H2,1-2H3. The summed E-state index contributed by atoms with van der Waals surface area (Å²) in [6, 6.07) is 0. The smallest absolute Gasteiger partial charge is 0.0643 e. The van der Waals surface area contributed by atoms with Crippen LogP contribution in [0.5, 0.6) is 0 Å². The molecule has 0 aromatic heterocycles. The molecule has 2 nitrogen and oxygen atoms in total. The first-order valence-corrected chi connectivity index (χ1v) is 7.07. The molecule has 1 N–H and O–H groups in total. The van der Waals surface area contributed by atoms with E-state index in [1.807, 2.05) is 0 Å². The molecule has 0 aromatic carbocycles. The topological polar surface area (TPSA) is 21.3 Å². The van der Waals surface area contributed by atoms with Crippen molar-refractivity contribution < 1.29 is 4.74 Å². The average Bonchev–Trinajstić information content (AvgIpc) is 2.32. The molecule has 2 rings (SSSR count). The minimum absolute atomic E-state index is 0.550. The second-order valence-electron chi connectivity index (χ2n) is 5.82. The van der Waals surface area contributed by atoms with Crippen molar-refractivity contribution in [3.8, 4) is 0 Å². The molecular formula is C14H27NO. The largest absolute Gasteiger partial charge is 0.378 e. The Bertz CT molecular complexity index is 197. The van der Waals surface area contributed by atoms with E-state index in [-0.39, 0.29) is 0 Å². The van der Waals surface area contributed by atoms with Crippen molar-refractivity contribution in [3.63, 3.8) is 0 Å². The molecule has 1 saturated heterocycles. The first kappa shape index (κ1) is 12.4. The second-order valence-corrected chi connectivity index (χ2v) is 5.82. The van der Waals surface area contributed by atoms with E-state index in [4.69, 9.17) is 4.74 Å². The molecule has 1 aliphatic heterocycles. The third-order valence-corrected chi connectivity index (χ3v) is 4.49. The Labute approximate surface area is 100 Å². The number of ether oxygens (including phenoxy) is 1. The Morgan fingerprint density at radius 2 is 1.88 bits per heavy atom. The van der Waals surface area contributed by atoms with Gasteiger partial charge in [-0.15, -0.1) is 0 Å². The van der Waals surface area contributed by atoms with E-state index in [2.05, 4.69) is 19.3 Å². The van der Waals surface area contributed by atoms with Crippen LogP contribution in [0.1, 0.15) is 45.4 Å². The van der Waals surface area contributed by atoms with E-state index < -0.39 is 0 Å². The number of nitrogens with one attached hydrogen (secondary N) is 1. The first-order valence-electron chi connectivity index (χ1n) is 7.07. The van der Waals surface area contributed by atoms with E-state index in [1.165, 1.54) is 38.5 Å². The number of rotatable bonds is 3. The fraction of sp³-hybridized carbons (Fsp3) is 1.00. The zero-order chi connectivity index (χ0) is 11.4. The van der Waals surface area contributed by atoms with Crippen molar-refractivity contribution in [2.75, 3.05) is 20.2 Å². The summed E-state index contributed by atoms with van der Waals surface area (Å²) in [7, 11) is 2.06. The van der Waals surface area contributed by atoms with Gasteiger partial charge in [0.1, 0.15) is 0 Å². The second kappa shape index (κ2) is 6.02. The molecule has 0 spiro atoms. The molecule has 1 saturated carbocycles. The summed E-state index contributed by atoms with van der Waals surface area (Å²) in [6.45, 7) is 4.52. The van der Waals surface area contributed by atoms with E-state index in [9.17, 15) is 0 Å². The molecule has 2 fully saturated rings. The predicted molar refractivity (Wildman–Crippen MR) is 67.5 cm³/mol. The lowest BCUT2D eigenvalue weighted by molar-refractivity contribution is -0.0699. The van der Waals surface area contributed by atoms with Gasteiger partial charge in [-0.3, -0.25) is 0 Å². The molecule has 1 aliphatic carbocycles. The van der Waals surface area contributed by atoms with Crippen molar-refractivity contribution in [2.45, 2.75) is 51.6 Å². The van der Waals surface area contributed by atoms with Crippen molar-refractivity contribution >= 4 is 0 Å². The van der Waals surface area contributed by atoms with Crippen LogP contribution in [0.4, 0.5) is 0 Å². The minimum Gasteiger partial charge on any atom is -0.378 e. The first-order chi connectivity index (χ1) is 7.81. The van der Waals surface area contributed by atoms with Crippen LogP contribution in [0.3, 0.4) is 0 Å². The van der Waals surface area contributed by atoms with E-state index in [0.717, 1.165) is 30.9 Å². The molecule has 2 unspecified atom stereocenters. The summed E-state index contributed by atoms with van der Waals surface area (Å²) in [4.78, 5) is 0. The van der Waals surface area contributed by atoms with Gasteiger partial charge in [-0.1, -0.05) is 19.8 Å². The average molecular weight is 225 g/mol. The monoisotopic (exact) mass is 225 g/mol. The highest BCUT2D eigenvalue weighted by Gasteiger charge is 2.34. The quantitative estimate of drug-likeness (QED) is 0.797. The Balaban J connectivity index is 1.89. The van der Waals surface area contributed by atoms with Crippen molar-refractivity contribution in [1.29, 1.82) is 0 Å². The Morgan fingerprint density at radius 1 is 1.12 bits per heavy atom. The van der Waals surface area contributed by atoms with Crippen LogP contribution in [0.2, 0.25) is 0 Å². The fourth-order valence-electron chi connectivity index (χ4n) is 3.48. The minimum atomic E-state index is 0.550. The summed E-state index contributed by atoms with van der Waals surface area (Å²) in [5.74, 6) is 2.55. The molecule has 2 heteroatoms. The predicted octanol–water partition coefficient (Wildman–Crippen LogP) is 2.83. The summed E-state index contributed by atoms with van der Waals surface area (Å²) < 4.78 is 6.08. The van der Waals surface area contributed by atoms with Crippen LogP contribution in [-0.2, 0) is 4.74 Å². The Kier molecular flexibility index (Phi) is 4.66. The molecule has 0 radical (unpaired) electrons. The van der Waals surface area contributed by atoms with Crippen LogP contribution < -0.4 is 5.32 Å². The molecule has 1 heterocycles. The van der Waals surface area contributed by atoms with Gasteiger partial charge in [-0.25, -0.2) is 0 Å². The van der Waals surface area contributed by atoms with Crippen molar-refractivity contribution in [3.05, 3.63) is 0 Å². The lowest BCUT2D eigenvalue weighted by atomic mass is 9.75. The zero-order valence-corrected chi connectivity index (χ0v) is 10.9. The summed E-state index contributed by atoms with van der Waals surface area (Å²) in [6.07, 6.45) is 8.78. The SMILES string of the molecule is CNCC1CCCOC1C1CCC(C)CC1. The lowest BCUT2D eigenvalue weighted by Gasteiger charge is -2.40. The van der Waals surface area contributed by atoms with Gasteiger partial charge in [0.25, 0.3) is 0 Å². The van der Waals surface area contributed by atoms with Gasteiger partial charge in [0.15, 0.2) is 0 Å². The van der Waals surface area contributed by atoms with Crippen LogP contribution in [0.15, 0.2) is 0 Å². The van der Waals surface area contributed by atoms with Gasteiger partial charge in [0, 0.05) is 13.2 Å². The van der Waals surface area contributed by atoms with Gasteiger partial charge in [-0.2, -0.15) is 0 Å². The summed E-state index contributed by atoms with van der Waals surface area (Å²) >= 11 is 0. The van der Waals surface area contributed by atoms with E-state index in [1.54, 1.807) is 0 Å². The number of hydrogen-bond donors (Lipinski definition) is 1. The highest BCUT2D eigenvalue weighted by Crippen LogP contribution is 2.36. The van der Waals surface area contributed by atoms with Crippen LogP contribution in [-0.4, -0.2) is 26.3 Å². The highest BCUT2D eigenvalue weighted by molar-refractivity contribution is 4.84. The molecular weight excluding hydrogens is 198 g/mol. The van der Waals surface area contributed by atoms with Gasteiger partial charge in [0.2, 0.25) is 0 Å². The summed E-state index contributed by atoms with van der Waals surface area (Å²) in [5.41, 5.74) is 0. The molecule has 94 valence electrons. The molecule has 0 amide bonds. The maximum absolute atomic E-state index is 6.08. The van der Waals surface area contributed by atoms with Gasteiger partial charge >= 0.3 is 0 Å². The maximum atomic E-state index is 6.08. The Morgan fingerprint density at radius 3 is 2.56 bits per heavy atom. The molecule has 2 atom stereocenters. The van der Waals surface area contributed by atoms with Crippen LogP contribution in [0.25, 0.3) is 0 Å². The zero-order valence-electron chi connectivity index (χ0n) is 10.9. The summed E-state index contributed by atoms with van der Waals surface area (Å²) in [5, 5.41) is 3.34. The maximum Gasteiger partial charge on any atom is 0.0643 e. The lowest BCUT2D eigenvalue weighted by Crippen LogP contribution is -2.41. The Hall–Kier alpha value is -0.0800. The molecule has 2 aliphatic rings. The third-order valence-electron chi connectivity index (χ3n) is 4.49. The van der Waals surface area contributed by atoms with Crippen LogP contribution >= 0.6 is 0 Å².